The van der Waals surface area contributed by atoms with E-state index in [1.807, 2.05) is 49.4 Å². The third-order valence-corrected chi connectivity index (χ3v) is 4.90. The second-order valence-corrected chi connectivity index (χ2v) is 6.94. The molecular weight excluding hydrogens is 350 g/mol. The zero-order chi connectivity index (χ0) is 19.5. The van der Waals surface area contributed by atoms with Gasteiger partial charge in [-0.05, 0) is 55.7 Å². The number of carbonyl (C=O) groups is 2. The van der Waals surface area contributed by atoms with Gasteiger partial charge in [0, 0.05) is 29.7 Å². The van der Waals surface area contributed by atoms with Gasteiger partial charge in [0.15, 0.2) is 0 Å². The van der Waals surface area contributed by atoms with Gasteiger partial charge in [0.2, 0.25) is 0 Å². The van der Waals surface area contributed by atoms with Crippen molar-refractivity contribution in [2.24, 2.45) is 0 Å². The molecule has 0 fully saturated rings. The predicted octanol–water partition coefficient (Wildman–Crippen LogP) is 4.24. The van der Waals surface area contributed by atoms with E-state index >= 15 is 0 Å². The Hall–Kier alpha value is -3.47. The molecule has 0 atom stereocenters. The number of hydrogen-bond donors (Lipinski definition) is 1. The van der Waals surface area contributed by atoms with Crippen molar-refractivity contribution in [1.29, 1.82) is 0 Å². The lowest BCUT2D eigenvalue weighted by Crippen LogP contribution is -2.35. The highest BCUT2D eigenvalue weighted by atomic mass is 16.2. The number of para-hydroxylation sites is 1. The number of pyridine rings is 1. The number of hydrogen-bond acceptors (Lipinski definition) is 3. The molecule has 0 saturated carbocycles. The lowest BCUT2D eigenvalue weighted by atomic mass is 10.0. The first-order chi connectivity index (χ1) is 13.6. The number of rotatable bonds is 3. The van der Waals surface area contributed by atoms with Gasteiger partial charge in [-0.25, -0.2) is 0 Å². The fraction of sp³-hybridized carbons (Fsp3) is 0.174. The molecule has 2 heterocycles. The highest BCUT2D eigenvalue weighted by Crippen LogP contribution is 2.28. The van der Waals surface area contributed by atoms with Crippen LogP contribution < -0.4 is 10.2 Å². The minimum absolute atomic E-state index is 0.112. The van der Waals surface area contributed by atoms with Crippen LogP contribution >= 0.6 is 0 Å². The van der Waals surface area contributed by atoms with E-state index in [4.69, 9.17) is 0 Å². The van der Waals surface area contributed by atoms with E-state index < -0.39 is 0 Å². The molecule has 2 aromatic carbocycles. The number of aromatic nitrogens is 1. The summed E-state index contributed by atoms with van der Waals surface area (Å²) in [5.74, 6) is -0.448. The van der Waals surface area contributed by atoms with E-state index in [-0.39, 0.29) is 17.5 Å². The molecule has 2 amide bonds. The molecule has 1 aliphatic heterocycles. The first-order valence-corrected chi connectivity index (χ1v) is 9.36. The van der Waals surface area contributed by atoms with Crippen molar-refractivity contribution < 1.29 is 9.59 Å². The van der Waals surface area contributed by atoms with Crippen molar-refractivity contribution in [2.45, 2.75) is 19.8 Å². The molecule has 0 radical (unpaired) electrons. The summed E-state index contributed by atoms with van der Waals surface area (Å²) >= 11 is 0. The topological polar surface area (TPSA) is 62.3 Å². The molecule has 0 bridgehead atoms. The summed E-state index contributed by atoms with van der Waals surface area (Å²) in [5.41, 5.74) is 4.61. The Balaban J connectivity index is 1.56. The Kier molecular flexibility index (Phi) is 4.89. The Labute approximate surface area is 164 Å². The first-order valence-electron chi connectivity index (χ1n) is 9.36. The SMILES string of the molecule is Cc1ccc(NC(=O)c2cc(C(=O)N3CCCc4ccccc43)ccn2)cc1. The van der Waals surface area contributed by atoms with Gasteiger partial charge in [0.1, 0.15) is 5.69 Å². The fourth-order valence-electron chi connectivity index (χ4n) is 3.42. The predicted molar refractivity (Wildman–Crippen MR) is 110 cm³/mol. The standard InChI is InChI=1S/C23H21N3O2/c1-16-8-10-19(11-9-16)25-22(27)20-15-18(12-13-24-20)23(28)26-14-4-6-17-5-2-3-7-21(17)26/h2-3,5,7-13,15H,4,6,14H2,1H3,(H,25,27). The lowest BCUT2D eigenvalue weighted by Gasteiger charge is -2.29. The molecule has 140 valence electrons. The van der Waals surface area contributed by atoms with E-state index in [2.05, 4.69) is 16.4 Å². The number of anilines is 2. The molecule has 0 unspecified atom stereocenters. The average Bonchev–Trinajstić information content (AvgIpc) is 2.74. The molecule has 28 heavy (non-hydrogen) atoms. The second kappa shape index (κ2) is 7.64. The van der Waals surface area contributed by atoms with Crippen molar-refractivity contribution in [1.82, 2.24) is 4.98 Å². The molecule has 5 nitrogen and oxygen atoms in total. The van der Waals surface area contributed by atoms with E-state index in [1.54, 1.807) is 17.0 Å². The molecule has 4 rings (SSSR count). The van der Waals surface area contributed by atoms with Gasteiger partial charge in [0.25, 0.3) is 11.8 Å². The van der Waals surface area contributed by atoms with Crippen molar-refractivity contribution in [3.63, 3.8) is 0 Å². The Morgan fingerprint density at radius 3 is 2.64 bits per heavy atom. The summed E-state index contributed by atoms with van der Waals surface area (Å²) in [6, 6.07) is 18.7. The van der Waals surface area contributed by atoms with Gasteiger partial charge in [-0.1, -0.05) is 35.9 Å². The molecule has 3 aromatic rings. The van der Waals surface area contributed by atoms with Crippen LogP contribution in [0, 0.1) is 6.92 Å². The first kappa shape index (κ1) is 17.9. The zero-order valence-corrected chi connectivity index (χ0v) is 15.7. The zero-order valence-electron chi connectivity index (χ0n) is 15.7. The summed E-state index contributed by atoms with van der Waals surface area (Å²) in [5, 5.41) is 2.82. The maximum atomic E-state index is 13.1. The van der Waals surface area contributed by atoms with Crippen LogP contribution in [-0.2, 0) is 6.42 Å². The van der Waals surface area contributed by atoms with Gasteiger partial charge in [0.05, 0.1) is 0 Å². The maximum Gasteiger partial charge on any atom is 0.274 e. The molecule has 1 aliphatic rings. The number of nitrogens with one attached hydrogen (secondary N) is 1. The van der Waals surface area contributed by atoms with Crippen LogP contribution in [0.15, 0.2) is 66.9 Å². The van der Waals surface area contributed by atoms with Crippen LogP contribution in [0.1, 0.15) is 38.4 Å². The third-order valence-electron chi connectivity index (χ3n) is 4.90. The minimum Gasteiger partial charge on any atom is -0.321 e. The van der Waals surface area contributed by atoms with Crippen LogP contribution in [0.5, 0.6) is 0 Å². The Morgan fingerprint density at radius 1 is 1.04 bits per heavy atom. The summed E-state index contributed by atoms with van der Waals surface area (Å²) in [4.78, 5) is 31.6. The molecule has 1 N–H and O–H groups in total. The summed E-state index contributed by atoms with van der Waals surface area (Å²) in [6.45, 7) is 2.66. The van der Waals surface area contributed by atoms with Gasteiger partial charge >= 0.3 is 0 Å². The normalized spacial score (nSPS) is 13.0. The van der Waals surface area contributed by atoms with E-state index in [1.165, 1.54) is 11.8 Å². The average molecular weight is 371 g/mol. The van der Waals surface area contributed by atoms with Crippen molar-refractivity contribution in [3.8, 4) is 0 Å². The highest BCUT2D eigenvalue weighted by Gasteiger charge is 2.24. The molecule has 0 aliphatic carbocycles. The monoisotopic (exact) mass is 371 g/mol. The van der Waals surface area contributed by atoms with Crippen molar-refractivity contribution in [2.75, 3.05) is 16.8 Å². The van der Waals surface area contributed by atoms with E-state index in [0.717, 1.165) is 24.1 Å². The molecule has 1 aromatic heterocycles. The number of benzene rings is 2. The number of fused-ring (bicyclic) bond motifs is 1. The van der Waals surface area contributed by atoms with Crippen LogP contribution in [0.25, 0.3) is 0 Å². The van der Waals surface area contributed by atoms with Crippen molar-refractivity contribution in [3.05, 3.63) is 89.2 Å². The Bertz CT molecular complexity index is 1030. The Morgan fingerprint density at radius 2 is 1.82 bits per heavy atom. The smallest absolute Gasteiger partial charge is 0.274 e. The van der Waals surface area contributed by atoms with Crippen LogP contribution in [0.4, 0.5) is 11.4 Å². The fourth-order valence-corrected chi connectivity index (χ4v) is 3.42. The number of carbonyl (C=O) groups excluding carboxylic acids is 2. The largest absolute Gasteiger partial charge is 0.321 e. The third kappa shape index (κ3) is 3.64. The van der Waals surface area contributed by atoms with Crippen molar-refractivity contribution >= 4 is 23.2 Å². The molecule has 0 spiro atoms. The highest BCUT2D eigenvalue weighted by molar-refractivity contribution is 6.09. The molecule has 0 saturated heterocycles. The number of nitrogens with zero attached hydrogens (tertiary/aromatic N) is 2. The molecule has 5 heteroatoms. The lowest BCUT2D eigenvalue weighted by molar-refractivity contribution is 0.0985. The summed E-state index contributed by atoms with van der Waals surface area (Å²) in [6.07, 6.45) is 3.41. The van der Waals surface area contributed by atoms with E-state index in [0.29, 0.717) is 17.8 Å². The maximum absolute atomic E-state index is 13.1. The number of amides is 2. The minimum atomic E-state index is -0.336. The summed E-state index contributed by atoms with van der Waals surface area (Å²) < 4.78 is 0. The van der Waals surface area contributed by atoms with Gasteiger partial charge in [-0.3, -0.25) is 14.6 Å². The van der Waals surface area contributed by atoms with Gasteiger partial charge < -0.3 is 10.2 Å². The van der Waals surface area contributed by atoms with Crippen LogP contribution in [0.3, 0.4) is 0 Å². The quantitative estimate of drug-likeness (QED) is 0.749. The molecular formula is C23H21N3O2. The number of aryl methyl sites for hydroxylation is 2. The van der Waals surface area contributed by atoms with Gasteiger partial charge in [-0.2, -0.15) is 0 Å². The summed E-state index contributed by atoms with van der Waals surface area (Å²) in [7, 11) is 0. The van der Waals surface area contributed by atoms with Crippen LogP contribution in [0.2, 0.25) is 0 Å². The second-order valence-electron chi connectivity index (χ2n) is 6.94. The van der Waals surface area contributed by atoms with E-state index in [9.17, 15) is 9.59 Å². The van der Waals surface area contributed by atoms with Crippen LogP contribution in [-0.4, -0.2) is 23.3 Å². The van der Waals surface area contributed by atoms with Gasteiger partial charge in [-0.15, -0.1) is 0 Å².